The maximum atomic E-state index is 13.0. The van der Waals surface area contributed by atoms with Crippen molar-refractivity contribution in [3.8, 4) is 0 Å². The summed E-state index contributed by atoms with van der Waals surface area (Å²) in [6, 6.07) is 6.75. The van der Waals surface area contributed by atoms with Crippen LogP contribution in [-0.2, 0) is 0 Å². The van der Waals surface area contributed by atoms with Gasteiger partial charge in [-0.15, -0.1) is 0 Å². The highest BCUT2D eigenvalue weighted by molar-refractivity contribution is 5.46. The van der Waals surface area contributed by atoms with E-state index in [0.717, 1.165) is 31.9 Å². The molecule has 0 radical (unpaired) electrons. The minimum Gasteiger partial charge on any atom is -0.512 e. The van der Waals surface area contributed by atoms with Crippen LogP contribution < -0.4 is 4.90 Å². The molecule has 0 aromatic heterocycles. The van der Waals surface area contributed by atoms with E-state index in [1.54, 1.807) is 12.1 Å². The monoisotopic (exact) mass is 322 g/mol. The Morgan fingerprint density at radius 1 is 1.17 bits per heavy atom. The molecule has 1 unspecified atom stereocenters. The van der Waals surface area contributed by atoms with Crippen molar-refractivity contribution in [2.45, 2.75) is 26.3 Å². The van der Waals surface area contributed by atoms with E-state index in [0.29, 0.717) is 6.42 Å². The van der Waals surface area contributed by atoms with Crippen LogP contribution in [0.1, 0.15) is 20.3 Å². The van der Waals surface area contributed by atoms with E-state index in [2.05, 4.69) is 16.7 Å². The van der Waals surface area contributed by atoms with Crippen LogP contribution in [0, 0.1) is 5.82 Å². The first-order valence-electron chi connectivity index (χ1n) is 7.92. The number of aliphatic hydroxyl groups is 1. The Hall–Kier alpha value is -1.88. The molecule has 1 aliphatic heterocycles. The summed E-state index contributed by atoms with van der Waals surface area (Å²) in [6.07, 6.45) is 3.19. The Morgan fingerprint density at radius 3 is 2.35 bits per heavy atom. The fourth-order valence-corrected chi connectivity index (χ4v) is 2.78. The van der Waals surface area contributed by atoms with Crippen LogP contribution in [0.15, 0.2) is 48.0 Å². The second-order valence-corrected chi connectivity index (χ2v) is 5.96. The molecule has 2 rings (SSSR count). The predicted molar refractivity (Wildman–Crippen MR) is 89.8 cm³/mol. The predicted octanol–water partition coefficient (Wildman–Crippen LogP) is 4.04. The van der Waals surface area contributed by atoms with Crippen LogP contribution in [0.2, 0.25) is 0 Å². The van der Waals surface area contributed by atoms with Crippen molar-refractivity contribution in [2.75, 3.05) is 31.1 Å². The van der Waals surface area contributed by atoms with E-state index in [1.165, 1.54) is 31.2 Å². The van der Waals surface area contributed by atoms with Crippen molar-refractivity contribution in [2.24, 2.45) is 0 Å². The molecule has 1 aromatic rings. The van der Waals surface area contributed by atoms with Crippen molar-refractivity contribution in [1.29, 1.82) is 0 Å². The van der Waals surface area contributed by atoms with Crippen LogP contribution in [0.3, 0.4) is 0 Å². The quantitative estimate of drug-likeness (QED) is 0.655. The summed E-state index contributed by atoms with van der Waals surface area (Å²) in [4.78, 5) is 4.53. The highest BCUT2D eigenvalue weighted by Gasteiger charge is 2.21. The topological polar surface area (TPSA) is 26.7 Å². The fourth-order valence-electron chi connectivity index (χ4n) is 2.78. The van der Waals surface area contributed by atoms with Gasteiger partial charge in [-0.1, -0.05) is 0 Å². The molecule has 1 aromatic carbocycles. The molecule has 1 fully saturated rings. The molecular formula is C18H24F2N2O. The Balaban J connectivity index is 1.85. The largest absolute Gasteiger partial charge is 0.512 e. The van der Waals surface area contributed by atoms with Gasteiger partial charge in [0.25, 0.3) is 0 Å². The van der Waals surface area contributed by atoms with Gasteiger partial charge in [-0.25, -0.2) is 8.78 Å². The summed E-state index contributed by atoms with van der Waals surface area (Å²) in [5.41, 5.74) is 1.03. The number of aliphatic hydroxyl groups excluding tert-OH is 1. The molecular weight excluding hydrogens is 298 g/mol. The van der Waals surface area contributed by atoms with E-state index in [-0.39, 0.29) is 23.4 Å². The van der Waals surface area contributed by atoms with Gasteiger partial charge in [0.1, 0.15) is 5.82 Å². The molecule has 0 saturated carbocycles. The lowest BCUT2D eigenvalue weighted by Crippen LogP contribution is -2.49. The van der Waals surface area contributed by atoms with Gasteiger partial charge in [-0.2, -0.15) is 0 Å². The van der Waals surface area contributed by atoms with Gasteiger partial charge in [-0.05, 0) is 50.3 Å². The number of benzene rings is 1. The number of piperazine rings is 1. The molecule has 0 amide bonds. The van der Waals surface area contributed by atoms with Crippen LogP contribution in [0.5, 0.6) is 0 Å². The molecule has 1 aliphatic rings. The smallest absolute Gasteiger partial charge is 0.123 e. The second-order valence-electron chi connectivity index (χ2n) is 5.96. The first-order chi connectivity index (χ1) is 11.0. The zero-order chi connectivity index (χ0) is 16.8. The number of halogens is 2. The number of anilines is 1. The standard InChI is InChI=1S/C18H24F2N2O/c1-14(19)3-8-18(23)13-15(2)21-9-11-22(12-10-21)17-6-4-16(20)5-7-17/h3-8,15,23H,9-13H2,1-2H3/b14-3+,18-8+. The maximum absolute atomic E-state index is 13.0. The van der Waals surface area contributed by atoms with Gasteiger partial charge >= 0.3 is 0 Å². The maximum Gasteiger partial charge on any atom is 0.123 e. The lowest BCUT2D eigenvalue weighted by atomic mass is 10.1. The molecule has 1 heterocycles. The van der Waals surface area contributed by atoms with Crippen LogP contribution in [-0.4, -0.2) is 42.2 Å². The van der Waals surface area contributed by atoms with Gasteiger partial charge in [-0.3, -0.25) is 4.90 Å². The van der Waals surface area contributed by atoms with Crippen molar-refractivity contribution in [3.05, 3.63) is 53.8 Å². The third-order valence-electron chi connectivity index (χ3n) is 4.14. The third kappa shape index (κ3) is 5.36. The zero-order valence-corrected chi connectivity index (χ0v) is 13.7. The van der Waals surface area contributed by atoms with E-state index in [9.17, 15) is 13.9 Å². The first kappa shape index (κ1) is 17.5. The van der Waals surface area contributed by atoms with Crippen molar-refractivity contribution in [1.82, 2.24) is 4.90 Å². The van der Waals surface area contributed by atoms with E-state index in [4.69, 9.17) is 0 Å². The van der Waals surface area contributed by atoms with Crippen molar-refractivity contribution in [3.63, 3.8) is 0 Å². The zero-order valence-electron chi connectivity index (χ0n) is 13.7. The van der Waals surface area contributed by atoms with E-state index < -0.39 is 0 Å². The van der Waals surface area contributed by atoms with Crippen molar-refractivity contribution < 1.29 is 13.9 Å². The Kier molecular flexibility index (Phi) is 6.16. The molecule has 5 heteroatoms. The van der Waals surface area contributed by atoms with Gasteiger partial charge < -0.3 is 10.0 Å². The average Bonchev–Trinajstić information content (AvgIpc) is 2.54. The summed E-state index contributed by atoms with van der Waals surface area (Å²) in [5.74, 6) is -0.353. The van der Waals surface area contributed by atoms with Crippen LogP contribution in [0.25, 0.3) is 0 Å². The van der Waals surface area contributed by atoms with E-state index in [1.807, 2.05) is 0 Å². The Bertz CT molecular complexity index is 557. The number of rotatable bonds is 5. The highest BCUT2D eigenvalue weighted by Crippen LogP contribution is 2.19. The fraction of sp³-hybridized carbons (Fsp3) is 0.444. The normalized spacial score (nSPS) is 19.0. The Labute approximate surface area is 136 Å². The van der Waals surface area contributed by atoms with Gasteiger partial charge in [0.05, 0.1) is 11.6 Å². The highest BCUT2D eigenvalue weighted by atomic mass is 19.1. The first-order valence-corrected chi connectivity index (χ1v) is 7.92. The number of hydrogen-bond donors (Lipinski definition) is 1. The van der Waals surface area contributed by atoms with Gasteiger partial charge in [0.2, 0.25) is 0 Å². The van der Waals surface area contributed by atoms with Gasteiger partial charge in [0, 0.05) is 44.3 Å². The molecule has 1 N–H and O–H groups in total. The number of allylic oxidation sites excluding steroid dienone is 3. The Morgan fingerprint density at radius 2 is 1.78 bits per heavy atom. The number of hydrogen-bond acceptors (Lipinski definition) is 3. The summed E-state index contributed by atoms with van der Waals surface area (Å²) in [5, 5.41) is 9.83. The lowest BCUT2D eigenvalue weighted by Gasteiger charge is -2.39. The molecule has 0 aliphatic carbocycles. The molecule has 3 nitrogen and oxygen atoms in total. The summed E-state index contributed by atoms with van der Waals surface area (Å²) in [6.45, 7) is 6.90. The molecule has 0 bridgehead atoms. The molecule has 0 spiro atoms. The van der Waals surface area contributed by atoms with E-state index >= 15 is 0 Å². The van der Waals surface area contributed by atoms with Crippen LogP contribution in [0.4, 0.5) is 14.5 Å². The minimum absolute atomic E-state index is 0.190. The molecule has 23 heavy (non-hydrogen) atoms. The SMILES string of the molecule is C/C(F)=C\C=C(\O)CC(C)N1CCN(c2ccc(F)cc2)CC1. The summed E-state index contributed by atoms with van der Waals surface area (Å²) >= 11 is 0. The third-order valence-corrected chi connectivity index (χ3v) is 4.14. The minimum atomic E-state index is -0.322. The molecule has 126 valence electrons. The summed E-state index contributed by atoms with van der Waals surface area (Å²) < 4.78 is 25.6. The number of nitrogens with zero attached hydrogens (tertiary/aromatic N) is 2. The van der Waals surface area contributed by atoms with Crippen molar-refractivity contribution >= 4 is 5.69 Å². The average molecular weight is 322 g/mol. The lowest BCUT2D eigenvalue weighted by molar-refractivity contribution is 0.182. The van der Waals surface area contributed by atoms with Gasteiger partial charge in [0.15, 0.2) is 0 Å². The summed E-state index contributed by atoms with van der Waals surface area (Å²) in [7, 11) is 0. The molecule has 1 saturated heterocycles. The second kappa shape index (κ2) is 8.11. The molecule has 1 atom stereocenters. The van der Waals surface area contributed by atoms with Crippen LogP contribution >= 0.6 is 0 Å².